The van der Waals surface area contributed by atoms with Gasteiger partial charge in [-0.2, -0.15) is 0 Å². The molecule has 0 spiro atoms. The van der Waals surface area contributed by atoms with Crippen molar-refractivity contribution in [3.05, 3.63) is 95.3 Å². The number of fused-ring (bicyclic) bond motifs is 2. The number of carbonyl (C=O) groups is 1. The average Bonchev–Trinajstić information content (AvgIpc) is 3.27. The smallest absolute Gasteiger partial charge is 0.248 e. The molecule has 0 bridgehead atoms. The number of pyridine rings is 1. The number of halogens is 1. The van der Waals surface area contributed by atoms with Gasteiger partial charge in [-0.1, -0.05) is 41.9 Å². The third-order valence-electron chi connectivity index (χ3n) is 6.01. The van der Waals surface area contributed by atoms with Gasteiger partial charge in [0.25, 0.3) is 0 Å². The number of ether oxygens (including phenoxy) is 1. The Morgan fingerprint density at radius 3 is 2.64 bits per heavy atom. The predicted molar refractivity (Wildman–Crippen MR) is 147 cm³/mol. The lowest BCUT2D eigenvalue weighted by Gasteiger charge is -2.12. The second-order valence-electron chi connectivity index (χ2n) is 8.58. The number of anilines is 1. The lowest BCUT2D eigenvalue weighted by Crippen LogP contribution is -2.10. The number of amides is 1. The summed E-state index contributed by atoms with van der Waals surface area (Å²) in [5, 5.41) is 5.52. The zero-order valence-electron chi connectivity index (χ0n) is 20.3. The fourth-order valence-corrected chi connectivity index (χ4v) is 4.47. The summed E-state index contributed by atoms with van der Waals surface area (Å²) in [5.41, 5.74) is 6.66. The quantitative estimate of drug-likeness (QED) is 0.241. The molecule has 180 valence electrons. The summed E-state index contributed by atoms with van der Waals surface area (Å²) in [6.45, 7) is 6.24. The summed E-state index contributed by atoms with van der Waals surface area (Å²) in [6, 6.07) is 21.1. The fraction of sp³-hybridized carbons (Fsp3) is 0.133. The zero-order valence-corrected chi connectivity index (χ0v) is 21.0. The van der Waals surface area contributed by atoms with Crippen LogP contribution in [0, 0.1) is 6.92 Å². The van der Waals surface area contributed by atoms with Crippen molar-refractivity contribution in [1.29, 1.82) is 0 Å². The Labute approximate surface area is 214 Å². The summed E-state index contributed by atoms with van der Waals surface area (Å²) in [7, 11) is 0. The molecule has 0 aliphatic heterocycles. The largest absolute Gasteiger partial charge is 0.493 e. The average molecular weight is 497 g/mol. The van der Waals surface area contributed by atoms with Crippen molar-refractivity contribution in [3.63, 3.8) is 0 Å². The molecule has 5 rings (SSSR count). The molecular weight excluding hydrogens is 472 g/mol. The number of rotatable bonds is 6. The van der Waals surface area contributed by atoms with Crippen LogP contribution < -0.4 is 10.1 Å². The second kappa shape index (κ2) is 9.88. The highest BCUT2D eigenvalue weighted by Gasteiger charge is 2.16. The normalized spacial score (nSPS) is 11.7. The molecule has 1 amide bonds. The van der Waals surface area contributed by atoms with Crippen molar-refractivity contribution >= 4 is 50.6 Å². The van der Waals surface area contributed by atoms with Gasteiger partial charge >= 0.3 is 0 Å². The van der Waals surface area contributed by atoms with Crippen LogP contribution in [-0.2, 0) is 4.79 Å². The van der Waals surface area contributed by atoms with Gasteiger partial charge in [0, 0.05) is 44.8 Å². The van der Waals surface area contributed by atoms with Crippen LogP contribution in [0.3, 0.4) is 0 Å². The van der Waals surface area contributed by atoms with Crippen molar-refractivity contribution in [1.82, 2.24) is 4.98 Å². The Bertz CT molecular complexity index is 1620. The molecule has 0 saturated carbocycles. The minimum absolute atomic E-state index is 0.226. The summed E-state index contributed by atoms with van der Waals surface area (Å²) in [4.78, 5) is 17.6. The second-order valence-corrected chi connectivity index (χ2v) is 9.02. The van der Waals surface area contributed by atoms with Crippen molar-refractivity contribution in [2.24, 2.45) is 0 Å². The molecule has 3 aromatic carbocycles. The van der Waals surface area contributed by atoms with Crippen molar-refractivity contribution < 1.29 is 13.9 Å². The number of para-hydroxylation sites is 1. The molecule has 0 saturated heterocycles. The van der Waals surface area contributed by atoms with Gasteiger partial charge in [0.2, 0.25) is 5.91 Å². The van der Waals surface area contributed by atoms with Crippen LogP contribution in [0.25, 0.3) is 38.6 Å². The third kappa shape index (κ3) is 4.70. The first kappa shape index (κ1) is 23.6. The molecular formula is C30H25ClN2O3. The lowest BCUT2D eigenvalue weighted by molar-refractivity contribution is -0.111. The Hall–Kier alpha value is -4.09. The highest BCUT2D eigenvalue weighted by Crippen LogP contribution is 2.38. The molecule has 0 radical (unpaired) electrons. The minimum atomic E-state index is -0.226. The lowest BCUT2D eigenvalue weighted by atomic mass is 9.99. The molecule has 5 nitrogen and oxygen atoms in total. The van der Waals surface area contributed by atoms with E-state index in [0.29, 0.717) is 23.0 Å². The first-order chi connectivity index (χ1) is 17.4. The highest BCUT2D eigenvalue weighted by molar-refractivity contribution is 6.30. The number of aromatic nitrogens is 1. The van der Waals surface area contributed by atoms with Gasteiger partial charge in [-0.3, -0.25) is 9.78 Å². The Balaban J connectivity index is 1.53. The Morgan fingerprint density at radius 2 is 1.86 bits per heavy atom. The van der Waals surface area contributed by atoms with Gasteiger partial charge in [0.1, 0.15) is 11.3 Å². The van der Waals surface area contributed by atoms with E-state index in [9.17, 15) is 4.79 Å². The van der Waals surface area contributed by atoms with E-state index in [2.05, 4.69) is 10.3 Å². The maximum absolute atomic E-state index is 13.1. The number of furan rings is 1. The van der Waals surface area contributed by atoms with E-state index >= 15 is 0 Å². The molecule has 0 fully saturated rings. The molecule has 36 heavy (non-hydrogen) atoms. The standard InChI is InChI=1S/C30H25ClN2O3/c1-4-35-28-16-29-24(25(17-36-29)20-9-11-21(31)12-10-20)15-23(28)18(2)13-30(34)33-27-14-19(3)32-26-8-6-5-7-22(26)27/h5-17H,4H2,1-3H3,(H,32,33,34)/b18-13+. The van der Waals surface area contributed by atoms with E-state index in [0.717, 1.165) is 49.9 Å². The summed E-state index contributed by atoms with van der Waals surface area (Å²) in [5.74, 6) is 0.435. The highest BCUT2D eigenvalue weighted by atomic mass is 35.5. The van der Waals surface area contributed by atoms with Crippen LogP contribution in [0.15, 0.2) is 83.5 Å². The van der Waals surface area contributed by atoms with Crippen LogP contribution in [0.2, 0.25) is 5.02 Å². The molecule has 2 aromatic heterocycles. The van der Waals surface area contributed by atoms with Crippen LogP contribution in [0.4, 0.5) is 5.69 Å². The minimum Gasteiger partial charge on any atom is -0.493 e. The number of nitrogens with one attached hydrogen (secondary N) is 1. The molecule has 5 aromatic rings. The number of benzene rings is 3. The van der Waals surface area contributed by atoms with Gasteiger partial charge in [-0.15, -0.1) is 0 Å². The van der Waals surface area contributed by atoms with Gasteiger partial charge in [-0.25, -0.2) is 0 Å². The third-order valence-corrected chi connectivity index (χ3v) is 6.26. The number of aryl methyl sites for hydroxylation is 1. The van der Waals surface area contributed by atoms with E-state index in [1.165, 1.54) is 0 Å². The van der Waals surface area contributed by atoms with Gasteiger partial charge in [0.15, 0.2) is 0 Å². The van der Waals surface area contributed by atoms with Crippen LogP contribution in [0.1, 0.15) is 25.1 Å². The topological polar surface area (TPSA) is 64.4 Å². The SMILES string of the molecule is CCOc1cc2occ(-c3ccc(Cl)cc3)c2cc1/C(C)=C/C(=O)Nc1cc(C)nc2ccccc12. The molecule has 0 aliphatic rings. The number of carbonyl (C=O) groups excluding carboxylic acids is 1. The maximum Gasteiger partial charge on any atom is 0.248 e. The summed E-state index contributed by atoms with van der Waals surface area (Å²) >= 11 is 6.07. The molecule has 2 heterocycles. The van der Waals surface area contributed by atoms with Crippen LogP contribution in [-0.4, -0.2) is 17.5 Å². The van der Waals surface area contributed by atoms with Gasteiger partial charge in [-0.05, 0) is 62.2 Å². The van der Waals surface area contributed by atoms with E-state index < -0.39 is 0 Å². The van der Waals surface area contributed by atoms with Crippen molar-refractivity contribution in [2.45, 2.75) is 20.8 Å². The van der Waals surface area contributed by atoms with E-state index in [1.54, 1.807) is 12.3 Å². The van der Waals surface area contributed by atoms with E-state index in [-0.39, 0.29) is 5.91 Å². The summed E-state index contributed by atoms with van der Waals surface area (Å²) < 4.78 is 11.8. The van der Waals surface area contributed by atoms with E-state index in [1.807, 2.05) is 87.5 Å². The first-order valence-corrected chi connectivity index (χ1v) is 12.1. The number of nitrogens with zero attached hydrogens (tertiary/aromatic N) is 1. The first-order valence-electron chi connectivity index (χ1n) is 11.7. The van der Waals surface area contributed by atoms with E-state index in [4.69, 9.17) is 20.8 Å². The van der Waals surface area contributed by atoms with Crippen LogP contribution >= 0.6 is 11.6 Å². The predicted octanol–water partition coefficient (Wildman–Crippen LogP) is 8.05. The maximum atomic E-state index is 13.1. The van der Waals surface area contributed by atoms with Gasteiger partial charge < -0.3 is 14.5 Å². The fourth-order valence-electron chi connectivity index (χ4n) is 4.35. The van der Waals surface area contributed by atoms with Crippen molar-refractivity contribution in [3.8, 4) is 16.9 Å². The molecule has 0 atom stereocenters. The Morgan fingerprint density at radius 1 is 1.08 bits per heavy atom. The monoisotopic (exact) mass is 496 g/mol. The molecule has 0 unspecified atom stereocenters. The van der Waals surface area contributed by atoms with Gasteiger partial charge in [0.05, 0.1) is 24.1 Å². The zero-order chi connectivity index (χ0) is 25.2. The number of hydrogen-bond acceptors (Lipinski definition) is 4. The molecule has 6 heteroatoms. The number of hydrogen-bond donors (Lipinski definition) is 1. The number of allylic oxidation sites excluding steroid dienone is 1. The Kier molecular flexibility index (Phi) is 6.49. The van der Waals surface area contributed by atoms with Crippen molar-refractivity contribution in [2.75, 3.05) is 11.9 Å². The molecule has 0 aliphatic carbocycles. The summed E-state index contributed by atoms with van der Waals surface area (Å²) in [6.07, 6.45) is 3.33. The molecule has 1 N–H and O–H groups in total. The van der Waals surface area contributed by atoms with Crippen LogP contribution in [0.5, 0.6) is 5.75 Å².